The molecule has 2 aromatic rings. The number of carbonyl (C=O) groups excluding carboxylic acids is 12. The Bertz CT molecular complexity index is 3310. The molecule has 560 valence electrons. The van der Waals surface area contributed by atoms with Crippen molar-refractivity contribution in [2.45, 2.75) is 204 Å². The number of hydrogen-bond donors (Lipinski definition) is 3. The maximum Gasteiger partial charge on any atom is 0.417 e. The van der Waals surface area contributed by atoms with E-state index in [2.05, 4.69) is 16.0 Å². The number of benzene rings is 2. The summed E-state index contributed by atoms with van der Waals surface area (Å²) in [5.74, 6) is -9.64. The van der Waals surface area contributed by atoms with Crippen molar-refractivity contribution in [1.82, 2.24) is 60.0 Å². The molecule has 8 atom stereocenters. The number of alkyl halides is 3. The number of hydrogen-bond acceptors (Lipinski definition) is 12. The summed E-state index contributed by atoms with van der Waals surface area (Å²) in [6.07, 6.45) is 2.11. The van der Waals surface area contributed by atoms with Crippen molar-refractivity contribution < 1.29 is 70.7 Å². The molecule has 2 saturated carbocycles. The molecule has 1 spiro atoms. The Morgan fingerprint density at radius 3 is 1.78 bits per heavy atom. The number of piperidine rings is 1. The smallest absolute Gasteiger partial charge is 0.343 e. The first-order valence-corrected chi connectivity index (χ1v) is 36.0. The lowest BCUT2D eigenvalue weighted by Crippen LogP contribution is -2.65. The highest BCUT2D eigenvalue weighted by atomic mass is 35.5. The molecule has 0 aromatic heterocycles. The molecule has 24 nitrogen and oxygen atoms in total. The number of nitrogens with zero attached hydrogens (tertiary/aromatic N) is 9. The van der Waals surface area contributed by atoms with Gasteiger partial charge >= 0.3 is 6.18 Å². The fraction of sp³-hybridized carbons (Fsp3) is 0.667. The largest absolute Gasteiger partial charge is 0.417 e. The van der Waals surface area contributed by atoms with Crippen LogP contribution in [0.15, 0.2) is 42.5 Å². The molecular weight excluding hydrogens is 1350 g/mol. The number of rotatable bonds is 11. The van der Waals surface area contributed by atoms with Crippen LogP contribution in [0.5, 0.6) is 0 Å². The Hall–Kier alpha value is -7.55. The standard InChI is InChI=1S/C72H105Cl2F3N12O12/c1-14-45(4)61-68(99)83(8)42-59(92)81(6)43-60(93)85(10)55(39-47-23-17-15-18-24-47)66(97)82(7)41-57(90)78-53(32-28-48-27-31-51(52(74)37-48)72(75,76)77)65(96)86(11)54(38-49-25-29-50(73)30-26-49)64(95)80-71(33-19-20-34-71)70(101)88(13)62(44(2)3)69(100)87(12)56(67(98)89-35-21-16-22-36-89)40-58(91)84(9)46(5)63(94)79-61/h25-27,29-31,37,44-47,53-56,61-62H,14-24,28,32-36,38-43H2,1-13H3,(H,78,90)(H,79,94)(H,80,95)/t45-,46-,53-,54-,55-,56-,61-,62-/m0/s1. The molecule has 101 heavy (non-hydrogen) atoms. The molecule has 3 N–H and O–H groups in total. The zero-order valence-electron chi connectivity index (χ0n) is 60.9. The van der Waals surface area contributed by atoms with Crippen LogP contribution in [0.2, 0.25) is 10.0 Å². The molecule has 2 saturated heterocycles. The molecule has 0 bridgehead atoms. The lowest BCUT2D eigenvalue weighted by atomic mass is 9.84. The van der Waals surface area contributed by atoms with E-state index in [9.17, 15) is 51.5 Å². The van der Waals surface area contributed by atoms with Crippen LogP contribution in [0.3, 0.4) is 0 Å². The number of nitrogens with one attached hydrogen (secondary N) is 3. The highest BCUT2D eigenvalue weighted by Gasteiger charge is 2.50. The Balaban J connectivity index is 1.45. The third-order valence-electron chi connectivity index (χ3n) is 21.0. The van der Waals surface area contributed by atoms with Crippen LogP contribution in [0.25, 0.3) is 0 Å². The number of amides is 12. The second-order valence-corrected chi connectivity index (χ2v) is 29.5. The molecule has 6 rings (SSSR count). The zero-order valence-corrected chi connectivity index (χ0v) is 62.4. The third-order valence-corrected chi connectivity index (χ3v) is 21.6. The van der Waals surface area contributed by atoms with Crippen molar-refractivity contribution in [3.63, 3.8) is 0 Å². The minimum atomic E-state index is -4.79. The quantitative estimate of drug-likeness (QED) is 0.227. The van der Waals surface area contributed by atoms with Gasteiger partial charge in [-0.3, -0.25) is 57.5 Å². The lowest BCUT2D eigenvalue weighted by Gasteiger charge is -2.42. The van der Waals surface area contributed by atoms with Crippen LogP contribution in [0, 0.1) is 17.8 Å². The van der Waals surface area contributed by atoms with Crippen molar-refractivity contribution in [3.8, 4) is 0 Å². The van der Waals surface area contributed by atoms with Crippen molar-refractivity contribution in [3.05, 3.63) is 69.2 Å². The summed E-state index contributed by atoms with van der Waals surface area (Å²) in [5.41, 5.74) is -2.01. The monoisotopic (exact) mass is 1460 g/mol. The van der Waals surface area contributed by atoms with E-state index >= 15 is 19.2 Å². The summed E-state index contributed by atoms with van der Waals surface area (Å²) in [7, 11) is 11.0. The average molecular weight is 1460 g/mol. The van der Waals surface area contributed by atoms with Crippen LogP contribution in [0.4, 0.5) is 13.2 Å². The van der Waals surface area contributed by atoms with Crippen LogP contribution >= 0.6 is 23.2 Å². The summed E-state index contributed by atoms with van der Waals surface area (Å²) in [4.78, 5) is 189. The Morgan fingerprint density at radius 1 is 0.614 bits per heavy atom. The van der Waals surface area contributed by atoms with Crippen molar-refractivity contribution >= 4 is 94.1 Å². The average Bonchev–Trinajstić information content (AvgIpc) is 1.58. The number of likely N-dealkylation sites (N-methyl/N-ethyl adjacent to an activating group) is 8. The van der Waals surface area contributed by atoms with Crippen molar-refractivity contribution in [2.24, 2.45) is 17.8 Å². The van der Waals surface area contributed by atoms with Gasteiger partial charge in [0.25, 0.3) is 0 Å². The molecule has 2 aromatic carbocycles. The number of likely N-dealkylation sites (tertiary alicyclic amines) is 1. The van der Waals surface area contributed by atoms with Gasteiger partial charge in [-0.2, -0.15) is 13.2 Å². The van der Waals surface area contributed by atoms with Crippen LogP contribution in [0.1, 0.15) is 154 Å². The SMILES string of the molecule is CC[C@H](C)[C@@H]1NC(=O)[C@H](C)N(C)C(=O)C[C@@H](C(=O)N2CCCCC2)N(C)C(=O)[C@H](C(C)C)N(C)C(=O)C2(CCCC2)NC(=O)[C@H](Cc2ccc(Cl)cc2)N(C)C(=O)[C@H](CCc2ccc(C(F)(F)F)c(Cl)c2)NC(=O)CN(C)C(=O)[C@H](CC2CCCCC2)N(C)C(=O)CN(C)C(=O)CN(C)C1=O. The predicted molar refractivity (Wildman–Crippen MR) is 375 cm³/mol. The first-order chi connectivity index (χ1) is 47.4. The van der Waals surface area contributed by atoms with Gasteiger partial charge in [0.1, 0.15) is 47.8 Å². The third kappa shape index (κ3) is 21.3. The molecule has 2 aliphatic carbocycles. The van der Waals surface area contributed by atoms with E-state index in [0.29, 0.717) is 55.8 Å². The lowest BCUT2D eigenvalue weighted by molar-refractivity contribution is -0.156. The highest BCUT2D eigenvalue weighted by molar-refractivity contribution is 6.31. The van der Waals surface area contributed by atoms with Gasteiger partial charge in [-0.25, -0.2) is 0 Å². The fourth-order valence-corrected chi connectivity index (χ4v) is 14.6. The van der Waals surface area contributed by atoms with E-state index in [4.69, 9.17) is 23.2 Å². The minimum Gasteiger partial charge on any atom is -0.343 e. The number of aryl methyl sites for hydroxylation is 1. The van der Waals surface area contributed by atoms with Crippen molar-refractivity contribution in [1.29, 1.82) is 0 Å². The second kappa shape index (κ2) is 36.5. The zero-order chi connectivity index (χ0) is 75.1. The van der Waals surface area contributed by atoms with E-state index in [-0.39, 0.29) is 50.0 Å². The van der Waals surface area contributed by atoms with Gasteiger partial charge in [0.15, 0.2) is 0 Å². The van der Waals surface area contributed by atoms with E-state index in [1.807, 2.05) is 6.92 Å². The van der Waals surface area contributed by atoms with Gasteiger partial charge in [0.2, 0.25) is 70.9 Å². The van der Waals surface area contributed by atoms with Crippen LogP contribution in [-0.2, 0) is 76.6 Å². The molecule has 0 unspecified atom stereocenters. The topological polar surface area (TPSA) is 270 Å². The Labute approximate surface area is 602 Å². The molecule has 4 aliphatic rings. The summed E-state index contributed by atoms with van der Waals surface area (Å²) in [6, 6.07) is 0.168. The normalized spacial score (nSPS) is 25.1. The van der Waals surface area contributed by atoms with E-state index in [1.54, 1.807) is 49.9 Å². The summed E-state index contributed by atoms with van der Waals surface area (Å²) >= 11 is 12.5. The van der Waals surface area contributed by atoms with Gasteiger partial charge < -0.3 is 60.0 Å². The second-order valence-electron chi connectivity index (χ2n) is 28.7. The van der Waals surface area contributed by atoms with E-state index in [1.165, 1.54) is 79.2 Å². The maximum absolute atomic E-state index is 15.6. The van der Waals surface area contributed by atoms with Gasteiger partial charge in [-0.15, -0.1) is 0 Å². The summed E-state index contributed by atoms with van der Waals surface area (Å²) in [5, 5.41) is 8.30. The van der Waals surface area contributed by atoms with Crippen LogP contribution in [-0.4, -0.2) is 252 Å². The molecular formula is C72H105Cl2F3N12O12. The van der Waals surface area contributed by atoms with Crippen molar-refractivity contribution in [2.75, 3.05) is 89.1 Å². The van der Waals surface area contributed by atoms with Gasteiger partial charge in [0, 0.05) is 80.9 Å². The fourth-order valence-electron chi connectivity index (χ4n) is 14.1. The number of halogens is 5. The summed E-state index contributed by atoms with van der Waals surface area (Å²) < 4.78 is 41.8. The highest BCUT2D eigenvalue weighted by Crippen LogP contribution is 2.37. The minimum absolute atomic E-state index is 0.00443. The van der Waals surface area contributed by atoms with Gasteiger partial charge in [-0.05, 0) is 111 Å². The van der Waals surface area contributed by atoms with Gasteiger partial charge in [-0.1, -0.05) is 120 Å². The Kier molecular flexibility index (Phi) is 29.8. The summed E-state index contributed by atoms with van der Waals surface area (Å²) in [6.45, 7) is 7.33. The molecule has 2 heterocycles. The first kappa shape index (κ1) is 82.4. The van der Waals surface area contributed by atoms with E-state index in [0.717, 1.165) is 80.1 Å². The van der Waals surface area contributed by atoms with E-state index < -0.39 is 173 Å². The first-order valence-electron chi connectivity index (χ1n) is 35.3. The molecule has 0 radical (unpaired) electrons. The van der Waals surface area contributed by atoms with Gasteiger partial charge in [0.05, 0.1) is 36.6 Å². The number of carbonyl (C=O) groups is 12. The molecule has 12 amide bonds. The Morgan fingerprint density at radius 2 is 1.20 bits per heavy atom. The molecule has 4 fully saturated rings. The van der Waals surface area contributed by atoms with Crippen LogP contribution < -0.4 is 16.0 Å². The molecule has 29 heteroatoms. The predicted octanol–water partition coefficient (Wildman–Crippen LogP) is 6.20. The molecule has 2 aliphatic heterocycles. The maximum atomic E-state index is 15.6.